The number of benzene rings is 1. The minimum Gasteiger partial charge on any atom is -0.478 e. The maximum Gasteiger partial charge on any atom is 0.328 e. The molecule has 0 spiro atoms. The molecule has 0 aliphatic carbocycles. The van der Waals surface area contributed by atoms with Crippen LogP contribution in [0.5, 0.6) is 0 Å². The first-order valence-electron chi connectivity index (χ1n) is 6.70. The van der Waals surface area contributed by atoms with E-state index in [1.807, 2.05) is 32.0 Å². The van der Waals surface area contributed by atoms with Crippen molar-refractivity contribution in [1.29, 1.82) is 0 Å². The maximum atomic E-state index is 10.7. The molecule has 21 heavy (non-hydrogen) atoms. The van der Waals surface area contributed by atoms with Gasteiger partial charge in [-0.2, -0.15) is 5.10 Å². The van der Waals surface area contributed by atoms with Crippen LogP contribution in [0.1, 0.15) is 31.1 Å². The highest BCUT2D eigenvalue weighted by Gasteiger charge is 2.12. The fourth-order valence-corrected chi connectivity index (χ4v) is 2.35. The van der Waals surface area contributed by atoms with Crippen LogP contribution in [-0.2, 0) is 17.6 Å². The Kier molecular flexibility index (Phi) is 4.90. The predicted octanol–water partition coefficient (Wildman–Crippen LogP) is 3.25. The molecule has 0 fully saturated rings. The van der Waals surface area contributed by atoms with E-state index < -0.39 is 5.97 Å². The minimum atomic E-state index is -0.982. The molecule has 0 bridgehead atoms. The zero-order chi connectivity index (χ0) is 15.4. The SMILES string of the molecule is CCc1nc(CC)n(-c2ccc(Br)cc2/C=C/C(=O)O)n1. The lowest BCUT2D eigenvalue weighted by molar-refractivity contribution is -0.131. The summed E-state index contributed by atoms with van der Waals surface area (Å²) in [6.07, 6.45) is 4.20. The highest BCUT2D eigenvalue weighted by Crippen LogP contribution is 2.22. The maximum absolute atomic E-state index is 10.7. The summed E-state index contributed by atoms with van der Waals surface area (Å²) in [5.74, 6) is 0.659. The summed E-state index contributed by atoms with van der Waals surface area (Å²) in [5.41, 5.74) is 1.59. The Hall–Kier alpha value is -1.95. The van der Waals surface area contributed by atoms with Crippen LogP contribution in [0.4, 0.5) is 0 Å². The van der Waals surface area contributed by atoms with E-state index in [9.17, 15) is 4.79 Å². The number of aryl methyl sites for hydroxylation is 2. The molecule has 0 atom stereocenters. The number of aromatic nitrogens is 3. The third-order valence-corrected chi connectivity index (χ3v) is 3.47. The molecule has 110 valence electrons. The van der Waals surface area contributed by atoms with E-state index in [1.54, 1.807) is 10.8 Å². The highest BCUT2D eigenvalue weighted by molar-refractivity contribution is 9.10. The molecule has 0 saturated heterocycles. The summed E-state index contributed by atoms with van der Waals surface area (Å²) in [4.78, 5) is 15.2. The Bertz CT molecular complexity index is 692. The first-order valence-corrected chi connectivity index (χ1v) is 7.50. The number of carboxylic acids is 1. The van der Waals surface area contributed by atoms with Crippen LogP contribution in [0.3, 0.4) is 0 Å². The van der Waals surface area contributed by atoms with Crippen molar-refractivity contribution in [3.8, 4) is 5.69 Å². The van der Waals surface area contributed by atoms with E-state index in [1.165, 1.54) is 0 Å². The molecule has 0 unspecified atom stereocenters. The minimum absolute atomic E-state index is 0.755. The molecule has 0 saturated carbocycles. The second-order valence-electron chi connectivity index (χ2n) is 4.44. The molecule has 1 N–H and O–H groups in total. The fourth-order valence-electron chi connectivity index (χ4n) is 1.98. The first kappa shape index (κ1) is 15.4. The number of hydrogen-bond acceptors (Lipinski definition) is 3. The van der Waals surface area contributed by atoms with Crippen molar-refractivity contribution in [2.45, 2.75) is 26.7 Å². The Morgan fingerprint density at radius 1 is 1.38 bits per heavy atom. The van der Waals surface area contributed by atoms with Crippen LogP contribution in [0.2, 0.25) is 0 Å². The van der Waals surface area contributed by atoms with Crippen LogP contribution in [0.25, 0.3) is 11.8 Å². The zero-order valence-corrected chi connectivity index (χ0v) is 13.5. The van der Waals surface area contributed by atoms with E-state index in [0.717, 1.165) is 46.3 Å². The Morgan fingerprint density at radius 3 is 2.76 bits per heavy atom. The lowest BCUT2D eigenvalue weighted by atomic mass is 10.1. The van der Waals surface area contributed by atoms with Gasteiger partial charge in [0.2, 0.25) is 0 Å². The molecular formula is C15H16BrN3O2. The second kappa shape index (κ2) is 6.67. The van der Waals surface area contributed by atoms with Gasteiger partial charge in [-0.1, -0.05) is 29.8 Å². The third kappa shape index (κ3) is 3.58. The normalized spacial score (nSPS) is 11.2. The molecule has 5 nitrogen and oxygen atoms in total. The van der Waals surface area contributed by atoms with Crippen molar-refractivity contribution in [2.75, 3.05) is 0 Å². The van der Waals surface area contributed by atoms with Crippen molar-refractivity contribution in [3.63, 3.8) is 0 Å². The van der Waals surface area contributed by atoms with Crippen LogP contribution >= 0.6 is 15.9 Å². The molecule has 1 aromatic heterocycles. The van der Waals surface area contributed by atoms with Gasteiger partial charge in [0.15, 0.2) is 5.82 Å². The first-order chi connectivity index (χ1) is 10.0. The van der Waals surface area contributed by atoms with E-state index in [2.05, 4.69) is 26.0 Å². The molecule has 0 aliphatic heterocycles. The van der Waals surface area contributed by atoms with Crippen molar-refractivity contribution in [2.24, 2.45) is 0 Å². The zero-order valence-electron chi connectivity index (χ0n) is 11.9. The molecule has 0 aliphatic rings. The number of hydrogen-bond donors (Lipinski definition) is 1. The van der Waals surface area contributed by atoms with Gasteiger partial charge in [0.05, 0.1) is 5.69 Å². The lowest BCUT2D eigenvalue weighted by Crippen LogP contribution is -2.04. The number of halogens is 1. The average Bonchev–Trinajstić information content (AvgIpc) is 2.88. The van der Waals surface area contributed by atoms with Gasteiger partial charge in [-0.3, -0.25) is 0 Å². The number of carbonyl (C=O) groups is 1. The number of nitrogens with zero attached hydrogens (tertiary/aromatic N) is 3. The lowest BCUT2D eigenvalue weighted by Gasteiger charge is -2.09. The summed E-state index contributed by atoms with van der Waals surface area (Å²) < 4.78 is 2.66. The van der Waals surface area contributed by atoms with Gasteiger partial charge in [-0.25, -0.2) is 14.5 Å². The van der Waals surface area contributed by atoms with E-state index in [-0.39, 0.29) is 0 Å². The van der Waals surface area contributed by atoms with Crippen LogP contribution in [-0.4, -0.2) is 25.8 Å². The Morgan fingerprint density at radius 2 is 2.14 bits per heavy atom. The number of aliphatic carboxylic acids is 1. The molecule has 0 amide bonds. The molecule has 2 aromatic rings. The van der Waals surface area contributed by atoms with Crippen LogP contribution in [0.15, 0.2) is 28.7 Å². The average molecular weight is 350 g/mol. The summed E-state index contributed by atoms with van der Waals surface area (Å²) in [5, 5.41) is 13.3. The number of carboxylic acid groups (broad SMARTS) is 1. The van der Waals surface area contributed by atoms with Crippen molar-refractivity contribution < 1.29 is 9.90 Å². The summed E-state index contributed by atoms with van der Waals surface area (Å²) >= 11 is 3.40. The Balaban J connectivity index is 2.57. The van der Waals surface area contributed by atoms with Gasteiger partial charge in [0.25, 0.3) is 0 Å². The molecule has 6 heteroatoms. The molecule has 0 radical (unpaired) electrons. The molecule has 1 heterocycles. The standard InChI is InChI=1S/C15H16BrN3O2/c1-3-13-17-14(4-2)19(18-13)12-7-6-11(16)9-10(12)5-8-15(20)21/h5-9H,3-4H2,1-2H3,(H,20,21)/b8-5+. The van der Waals surface area contributed by atoms with Gasteiger partial charge >= 0.3 is 5.97 Å². The van der Waals surface area contributed by atoms with Crippen LogP contribution in [0, 0.1) is 0 Å². The van der Waals surface area contributed by atoms with E-state index in [0.29, 0.717) is 0 Å². The van der Waals surface area contributed by atoms with Gasteiger partial charge in [-0.05, 0) is 24.3 Å². The predicted molar refractivity (Wildman–Crippen MR) is 84.5 cm³/mol. The van der Waals surface area contributed by atoms with E-state index >= 15 is 0 Å². The monoisotopic (exact) mass is 349 g/mol. The van der Waals surface area contributed by atoms with E-state index in [4.69, 9.17) is 5.11 Å². The van der Waals surface area contributed by atoms with Crippen molar-refractivity contribution in [3.05, 3.63) is 46.0 Å². The van der Waals surface area contributed by atoms with Gasteiger partial charge in [0.1, 0.15) is 5.82 Å². The topological polar surface area (TPSA) is 68.0 Å². The summed E-state index contributed by atoms with van der Waals surface area (Å²) in [6, 6.07) is 5.67. The largest absolute Gasteiger partial charge is 0.478 e. The molecule has 2 rings (SSSR count). The number of rotatable bonds is 5. The fraction of sp³-hybridized carbons (Fsp3) is 0.267. The molecule has 1 aromatic carbocycles. The summed E-state index contributed by atoms with van der Waals surface area (Å²) in [7, 11) is 0. The second-order valence-corrected chi connectivity index (χ2v) is 5.35. The van der Waals surface area contributed by atoms with Gasteiger partial charge < -0.3 is 5.11 Å². The van der Waals surface area contributed by atoms with Crippen molar-refractivity contribution >= 4 is 28.0 Å². The van der Waals surface area contributed by atoms with Crippen molar-refractivity contribution in [1.82, 2.24) is 14.8 Å². The molecular weight excluding hydrogens is 334 g/mol. The Labute approximate surface area is 131 Å². The third-order valence-electron chi connectivity index (χ3n) is 2.97. The quantitative estimate of drug-likeness (QED) is 0.841. The highest BCUT2D eigenvalue weighted by atomic mass is 79.9. The summed E-state index contributed by atoms with van der Waals surface area (Å²) in [6.45, 7) is 4.03. The van der Waals surface area contributed by atoms with Gasteiger partial charge in [0, 0.05) is 29.0 Å². The van der Waals surface area contributed by atoms with Gasteiger partial charge in [-0.15, -0.1) is 0 Å². The van der Waals surface area contributed by atoms with Crippen LogP contribution < -0.4 is 0 Å². The smallest absolute Gasteiger partial charge is 0.328 e.